The molecule has 0 aromatic heterocycles. The van der Waals surface area contributed by atoms with E-state index >= 15 is 0 Å². The number of halogens is 8. The Kier molecular flexibility index (Phi) is 7.99. The van der Waals surface area contributed by atoms with Gasteiger partial charge in [0.05, 0.1) is 9.93 Å². The van der Waals surface area contributed by atoms with E-state index in [1.54, 1.807) is 24.6 Å². The van der Waals surface area contributed by atoms with E-state index in [4.69, 9.17) is 10.5 Å². The molecule has 0 saturated carbocycles. The number of nitriles is 2. The van der Waals surface area contributed by atoms with Gasteiger partial charge in [0.2, 0.25) is 0 Å². The third-order valence-electron chi connectivity index (χ3n) is 2.50. The Bertz CT molecular complexity index is 803. The zero-order chi connectivity index (χ0) is 20.9. The maximum atomic E-state index is 12.5. The molecular formula is C13H9BF8N2OS. The number of rotatable bonds is 3. The number of hydrogen-bond acceptors (Lipinski definition) is 3. The van der Waals surface area contributed by atoms with Crippen molar-refractivity contribution in [3.63, 3.8) is 0 Å². The molecule has 0 heterocycles. The summed E-state index contributed by atoms with van der Waals surface area (Å²) in [6.45, 7) is -6.30. The molecule has 0 atom stereocenters. The molecular weight excluding hydrogens is 395 g/mol. The van der Waals surface area contributed by atoms with Gasteiger partial charge in [-0.2, -0.15) is 10.5 Å². The van der Waals surface area contributed by atoms with Crippen molar-refractivity contribution < 1.29 is 39.1 Å². The molecule has 1 rings (SSSR count). The third kappa shape index (κ3) is 6.48. The summed E-state index contributed by atoms with van der Waals surface area (Å²) in [4.78, 5) is 0. The summed E-state index contributed by atoms with van der Waals surface area (Å²) in [6.07, 6.45) is 4.59. The first-order valence-corrected chi connectivity index (χ1v) is 8.85. The van der Waals surface area contributed by atoms with Crippen LogP contribution in [0.15, 0.2) is 11.6 Å². The van der Waals surface area contributed by atoms with Crippen molar-refractivity contribution >= 4 is 22.4 Å². The second-order valence-electron chi connectivity index (χ2n) is 5.00. The largest absolute Gasteiger partial charge is 0.515 e. The van der Waals surface area contributed by atoms with Gasteiger partial charge in [-0.1, -0.05) is 0 Å². The van der Waals surface area contributed by atoms with E-state index in [-0.39, 0.29) is 5.57 Å². The third-order valence-corrected chi connectivity index (χ3v) is 3.47. The highest BCUT2D eigenvalue weighted by Crippen LogP contribution is 2.21. The molecule has 3 nitrogen and oxygen atoms in total. The molecule has 142 valence electrons. The monoisotopic (exact) mass is 404 g/mol. The standard InChI is InChI=1S/C7H9N2OS.C6BF8/c1-11(2,10)4-3-7(5-8)6-9;8-2-1(7(13,14)15)3(9)5(11)6(12)4(2)10/h3H,4H2,1-2H3;/q+1;-1. The average Bonchev–Trinajstić information content (AvgIpc) is 2.50. The summed E-state index contributed by atoms with van der Waals surface area (Å²) < 4.78 is 109. The summed E-state index contributed by atoms with van der Waals surface area (Å²) in [6, 6.07) is 3.40. The molecule has 1 aromatic carbocycles. The van der Waals surface area contributed by atoms with Gasteiger partial charge in [-0.05, 0) is 11.5 Å². The minimum absolute atomic E-state index is 0.0291. The molecule has 26 heavy (non-hydrogen) atoms. The van der Waals surface area contributed by atoms with Crippen LogP contribution in [0.3, 0.4) is 0 Å². The fourth-order valence-electron chi connectivity index (χ4n) is 1.31. The lowest BCUT2D eigenvalue weighted by Crippen LogP contribution is -2.41. The molecule has 0 unspecified atom stereocenters. The van der Waals surface area contributed by atoms with Crippen molar-refractivity contribution in [2.45, 2.75) is 0 Å². The van der Waals surface area contributed by atoms with Gasteiger partial charge in [-0.25, -0.2) is 22.0 Å². The predicted octanol–water partition coefficient (Wildman–Crippen LogP) is 3.16. The summed E-state index contributed by atoms with van der Waals surface area (Å²) in [5, 5.41) is 16.6. The van der Waals surface area contributed by atoms with Crippen molar-refractivity contribution in [2.24, 2.45) is 0 Å². The van der Waals surface area contributed by atoms with Crippen LogP contribution in [0.5, 0.6) is 0 Å². The number of hydrogen-bond donors (Lipinski definition) is 0. The zero-order valence-corrected chi connectivity index (χ0v) is 13.9. The summed E-state index contributed by atoms with van der Waals surface area (Å²) in [5.74, 6) is -13.3. The van der Waals surface area contributed by atoms with Crippen LogP contribution in [0.25, 0.3) is 0 Å². The fraction of sp³-hybridized carbons (Fsp3) is 0.231. The smallest absolute Gasteiger partial charge is 0.445 e. The van der Waals surface area contributed by atoms with Crippen LogP contribution in [0.4, 0.5) is 34.9 Å². The first kappa shape index (κ1) is 23.6. The van der Waals surface area contributed by atoms with Gasteiger partial charge in [0.1, 0.15) is 47.6 Å². The number of benzene rings is 1. The Balaban J connectivity index is 0.000000508. The highest BCUT2D eigenvalue weighted by Gasteiger charge is 2.37. The molecule has 0 amide bonds. The molecule has 0 spiro atoms. The van der Waals surface area contributed by atoms with Crippen LogP contribution >= 0.6 is 0 Å². The van der Waals surface area contributed by atoms with Crippen LogP contribution in [-0.2, 0) is 14.1 Å². The lowest BCUT2D eigenvalue weighted by Gasteiger charge is -2.17. The van der Waals surface area contributed by atoms with Crippen LogP contribution in [-0.4, -0.2) is 25.2 Å². The van der Waals surface area contributed by atoms with Crippen LogP contribution in [0, 0.1) is 51.7 Å². The zero-order valence-electron chi connectivity index (χ0n) is 13.1. The van der Waals surface area contributed by atoms with Gasteiger partial charge >= 0.3 is 6.98 Å². The molecule has 0 radical (unpaired) electrons. The average molecular weight is 404 g/mol. The lowest BCUT2D eigenvalue weighted by atomic mass is 9.79. The SMILES string of the molecule is C[S+](C)(=O)CC=C(C#N)C#N.Fc1c(F)c(F)c([B-](F)(F)F)c(F)c1F. The van der Waals surface area contributed by atoms with E-state index in [9.17, 15) is 39.1 Å². The Morgan fingerprint density at radius 3 is 1.54 bits per heavy atom. The summed E-state index contributed by atoms with van der Waals surface area (Å²) in [5.41, 5.74) is -2.70. The molecule has 0 aliphatic carbocycles. The van der Waals surface area contributed by atoms with E-state index in [0.717, 1.165) is 0 Å². The maximum Gasteiger partial charge on any atom is 0.515 e. The van der Waals surface area contributed by atoms with Crippen molar-refractivity contribution in [1.82, 2.24) is 0 Å². The Labute approximate surface area is 144 Å². The minimum atomic E-state index is -6.30. The van der Waals surface area contributed by atoms with Gasteiger partial charge in [0.15, 0.2) is 17.5 Å². The minimum Gasteiger partial charge on any atom is -0.445 e. The first-order chi connectivity index (χ1) is 11.7. The molecule has 0 saturated heterocycles. The first-order valence-electron chi connectivity index (χ1n) is 6.30. The topological polar surface area (TPSA) is 64.7 Å². The van der Waals surface area contributed by atoms with Crippen molar-refractivity contribution in [3.05, 3.63) is 40.7 Å². The van der Waals surface area contributed by atoms with Gasteiger partial charge in [-0.15, -0.1) is 4.21 Å². The van der Waals surface area contributed by atoms with E-state index in [2.05, 4.69) is 0 Å². The van der Waals surface area contributed by atoms with Gasteiger partial charge in [0, 0.05) is 0 Å². The number of nitrogens with zero attached hydrogens (tertiary/aromatic N) is 2. The summed E-state index contributed by atoms with van der Waals surface area (Å²) in [7, 11) is -1.87. The molecule has 0 aliphatic rings. The molecule has 0 N–H and O–H groups in total. The quantitative estimate of drug-likeness (QED) is 0.194. The highest BCUT2D eigenvalue weighted by atomic mass is 32.2. The van der Waals surface area contributed by atoms with E-state index < -0.39 is 51.5 Å². The fourth-order valence-corrected chi connectivity index (χ4v) is 1.88. The van der Waals surface area contributed by atoms with Crippen LogP contribution < -0.4 is 5.46 Å². The molecule has 1 aromatic rings. The van der Waals surface area contributed by atoms with Crippen LogP contribution in [0.2, 0.25) is 0 Å². The number of allylic oxidation sites excluding steroid dienone is 1. The van der Waals surface area contributed by atoms with E-state index in [1.807, 2.05) is 0 Å². The Morgan fingerprint density at radius 2 is 1.27 bits per heavy atom. The highest BCUT2D eigenvalue weighted by molar-refractivity contribution is 8.01. The predicted molar refractivity (Wildman–Crippen MR) is 79.0 cm³/mol. The van der Waals surface area contributed by atoms with Gasteiger partial charge in [0.25, 0.3) is 0 Å². The van der Waals surface area contributed by atoms with Crippen molar-refractivity contribution in [2.75, 3.05) is 18.3 Å². The van der Waals surface area contributed by atoms with Crippen molar-refractivity contribution in [1.29, 1.82) is 10.5 Å². The molecule has 0 bridgehead atoms. The molecule has 0 aliphatic heterocycles. The maximum absolute atomic E-state index is 12.5. The second-order valence-corrected chi connectivity index (χ2v) is 8.21. The lowest BCUT2D eigenvalue weighted by molar-refractivity contribution is 0.377. The van der Waals surface area contributed by atoms with E-state index in [0.29, 0.717) is 5.75 Å². The van der Waals surface area contributed by atoms with Gasteiger partial charge < -0.3 is 12.9 Å². The molecule has 0 fully saturated rings. The normalized spacial score (nSPS) is 10.9. The Morgan fingerprint density at radius 1 is 0.923 bits per heavy atom. The van der Waals surface area contributed by atoms with Crippen LogP contribution in [0.1, 0.15) is 0 Å². The summed E-state index contributed by atoms with van der Waals surface area (Å²) >= 11 is 0. The molecule has 13 heteroatoms. The Hall–Kier alpha value is -2.41. The van der Waals surface area contributed by atoms with E-state index in [1.165, 1.54) is 6.08 Å². The van der Waals surface area contributed by atoms with Gasteiger partial charge in [-0.3, -0.25) is 0 Å². The van der Waals surface area contributed by atoms with Crippen molar-refractivity contribution in [3.8, 4) is 12.1 Å². The second kappa shape index (κ2) is 8.80.